The third-order valence-electron chi connectivity index (χ3n) is 3.22. The summed E-state index contributed by atoms with van der Waals surface area (Å²) < 4.78 is 0. The zero-order valence-corrected chi connectivity index (χ0v) is 8.87. The first kappa shape index (κ1) is 9.72. The lowest BCUT2D eigenvalue weighted by atomic mass is 9.90. The number of hydrogen-bond acceptors (Lipinski definition) is 1. The summed E-state index contributed by atoms with van der Waals surface area (Å²) in [4.78, 5) is 0. The quantitative estimate of drug-likeness (QED) is 0.771. The molecule has 14 heavy (non-hydrogen) atoms. The Labute approximate surface area is 86.5 Å². The molecule has 1 aromatic carbocycles. The van der Waals surface area contributed by atoms with E-state index in [0.29, 0.717) is 5.92 Å². The molecule has 1 aliphatic rings. The van der Waals surface area contributed by atoms with E-state index in [4.69, 9.17) is 0 Å². The van der Waals surface area contributed by atoms with Crippen LogP contribution in [0.3, 0.4) is 0 Å². The van der Waals surface area contributed by atoms with Gasteiger partial charge in [0.1, 0.15) is 0 Å². The Morgan fingerprint density at radius 1 is 1.36 bits per heavy atom. The van der Waals surface area contributed by atoms with Crippen molar-refractivity contribution < 1.29 is 0 Å². The van der Waals surface area contributed by atoms with Crippen molar-refractivity contribution in [1.82, 2.24) is 5.32 Å². The van der Waals surface area contributed by atoms with Gasteiger partial charge in [0.25, 0.3) is 0 Å². The van der Waals surface area contributed by atoms with Crippen molar-refractivity contribution in [3.8, 4) is 0 Å². The molecule has 1 heterocycles. The van der Waals surface area contributed by atoms with E-state index in [2.05, 4.69) is 42.6 Å². The van der Waals surface area contributed by atoms with Crippen molar-refractivity contribution in [2.75, 3.05) is 13.1 Å². The van der Waals surface area contributed by atoms with Gasteiger partial charge in [0, 0.05) is 0 Å². The van der Waals surface area contributed by atoms with Crippen LogP contribution in [-0.4, -0.2) is 13.1 Å². The first-order valence-electron chi connectivity index (χ1n) is 5.62. The summed E-state index contributed by atoms with van der Waals surface area (Å²) >= 11 is 0. The maximum atomic E-state index is 3.43. The van der Waals surface area contributed by atoms with Crippen molar-refractivity contribution in [3.63, 3.8) is 0 Å². The minimum Gasteiger partial charge on any atom is -0.316 e. The Hall–Kier alpha value is -0.820. The fourth-order valence-corrected chi connectivity index (χ4v) is 2.33. The Kier molecular flexibility index (Phi) is 3.20. The van der Waals surface area contributed by atoms with Gasteiger partial charge in [-0.1, -0.05) is 37.3 Å². The normalized spacial score (nSPS) is 23.6. The summed E-state index contributed by atoms with van der Waals surface area (Å²) in [5.74, 6) is 1.60. The van der Waals surface area contributed by atoms with Crippen LogP contribution in [-0.2, 0) is 0 Å². The zero-order chi connectivity index (χ0) is 9.80. The minimum atomic E-state index is 0.709. The molecule has 1 saturated heterocycles. The topological polar surface area (TPSA) is 12.0 Å². The van der Waals surface area contributed by atoms with E-state index >= 15 is 0 Å². The molecule has 76 valence electrons. The largest absolute Gasteiger partial charge is 0.316 e. The van der Waals surface area contributed by atoms with Crippen LogP contribution >= 0.6 is 0 Å². The second kappa shape index (κ2) is 4.61. The summed E-state index contributed by atoms with van der Waals surface area (Å²) in [6, 6.07) is 10.9. The number of rotatable bonds is 3. The van der Waals surface area contributed by atoms with Gasteiger partial charge < -0.3 is 5.32 Å². The number of benzene rings is 1. The van der Waals surface area contributed by atoms with E-state index in [0.717, 1.165) is 5.92 Å². The average Bonchev–Trinajstić information content (AvgIpc) is 2.72. The van der Waals surface area contributed by atoms with Gasteiger partial charge in [-0.05, 0) is 43.3 Å². The first-order chi connectivity index (χ1) is 6.86. The van der Waals surface area contributed by atoms with Crippen molar-refractivity contribution in [2.24, 2.45) is 5.92 Å². The molecule has 1 N–H and O–H groups in total. The van der Waals surface area contributed by atoms with Crippen molar-refractivity contribution in [1.29, 1.82) is 0 Å². The molecule has 2 atom stereocenters. The Morgan fingerprint density at radius 3 is 2.79 bits per heavy atom. The van der Waals surface area contributed by atoms with Crippen molar-refractivity contribution in [3.05, 3.63) is 35.9 Å². The van der Waals surface area contributed by atoms with Crippen molar-refractivity contribution >= 4 is 0 Å². The van der Waals surface area contributed by atoms with Crippen molar-refractivity contribution in [2.45, 2.75) is 25.7 Å². The summed E-state index contributed by atoms with van der Waals surface area (Å²) in [6.07, 6.45) is 2.69. The lowest BCUT2D eigenvalue weighted by Crippen LogP contribution is -2.10. The Bertz CT molecular complexity index is 262. The van der Waals surface area contributed by atoms with Crippen LogP contribution in [0.1, 0.15) is 31.2 Å². The first-order valence-corrected chi connectivity index (χ1v) is 5.62. The average molecular weight is 189 g/mol. The number of hydrogen-bond donors (Lipinski definition) is 1. The van der Waals surface area contributed by atoms with E-state index in [-0.39, 0.29) is 0 Å². The molecule has 1 fully saturated rings. The fourth-order valence-electron chi connectivity index (χ4n) is 2.33. The van der Waals surface area contributed by atoms with Crippen LogP contribution in [0, 0.1) is 5.92 Å². The maximum Gasteiger partial charge on any atom is -0.00198 e. The van der Waals surface area contributed by atoms with Gasteiger partial charge in [-0.3, -0.25) is 0 Å². The lowest BCUT2D eigenvalue weighted by Gasteiger charge is -2.15. The van der Waals surface area contributed by atoms with E-state index in [1.54, 1.807) is 0 Å². The van der Waals surface area contributed by atoms with Crippen LogP contribution in [0.15, 0.2) is 30.3 Å². The van der Waals surface area contributed by atoms with Crippen LogP contribution in [0.25, 0.3) is 0 Å². The highest BCUT2D eigenvalue weighted by Crippen LogP contribution is 2.25. The van der Waals surface area contributed by atoms with Gasteiger partial charge in [0.05, 0.1) is 0 Å². The predicted octanol–water partition coefficient (Wildman–Crippen LogP) is 2.79. The van der Waals surface area contributed by atoms with Gasteiger partial charge >= 0.3 is 0 Å². The third kappa shape index (κ3) is 2.36. The standard InChI is InChI=1S/C13H19N/c1-11(9-12-7-8-14-10-12)13-5-3-2-4-6-13/h2-6,11-12,14H,7-10H2,1H3/t11-,12-/m1/s1. The molecular weight excluding hydrogens is 170 g/mol. The second-order valence-corrected chi connectivity index (χ2v) is 4.41. The molecule has 0 radical (unpaired) electrons. The van der Waals surface area contributed by atoms with Gasteiger partial charge in [-0.2, -0.15) is 0 Å². The number of nitrogens with one attached hydrogen (secondary N) is 1. The van der Waals surface area contributed by atoms with Gasteiger partial charge in [0.2, 0.25) is 0 Å². The lowest BCUT2D eigenvalue weighted by molar-refractivity contribution is 0.484. The highest BCUT2D eigenvalue weighted by Gasteiger charge is 2.17. The SMILES string of the molecule is C[C@H](C[C@H]1CCNC1)c1ccccc1. The molecule has 1 nitrogen and oxygen atoms in total. The summed E-state index contributed by atoms with van der Waals surface area (Å²) in [7, 11) is 0. The zero-order valence-electron chi connectivity index (χ0n) is 8.87. The van der Waals surface area contributed by atoms with E-state index in [1.165, 1.54) is 31.5 Å². The minimum absolute atomic E-state index is 0.709. The van der Waals surface area contributed by atoms with E-state index in [9.17, 15) is 0 Å². The van der Waals surface area contributed by atoms with Gasteiger partial charge in [0.15, 0.2) is 0 Å². The molecule has 0 aliphatic carbocycles. The van der Waals surface area contributed by atoms with Crippen LogP contribution in [0.5, 0.6) is 0 Å². The summed E-state index contributed by atoms with van der Waals surface area (Å²) in [5, 5.41) is 3.43. The molecule has 1 aromatic rings. The highest BCUT2D eigenvalue weighted by molar-refractivity contribution is 5.18. The second-order valence-electron chi connectivity index (χ2n) is 4.41. The molecule has 0 spiro atoms. The molecular formula is C13H19N. The van der Waals surface area contributed by atoms with Gasteiger partial charge in [-0.25, -0.2) is 0 Å². The molecule has 0 unspecified atom stereocenters. The van der Waals surface area contributed by atoms with E-state index in [1.807, 2.05) is 0 Å². The van der Waals surface area contributed by atoms with Gasteiger partial charge in [-0.15, -0.1) is 0 Å². The predicted molar refractivity (Wildman–Crippen MR) is 60.5 cm³/mol. The summed E-state index contributed by atoms with van der Waals surface area (Å²) in [5.41, 5.74) is 1.49. The molecule has 0 aromatic heterocycles. The Morgan fingerprint density at radius 2 is 2.14 bits per heavy atom. The Balaban J connectivity index is 1.92. The van der Waals surface area contributed by atoms with E-state index < -0.39 is 0 Å². The highest BCUT2D eigenvalue weighted by atomic mass is 14.9. The maximum absolute atomic E-state index is 3.43. The third-order valence-corrected chi connectivity index (χ3v) is 3.22. The summed E-state index contributed by atoms with van der Waals surface area (Å²) in [6.45, 7) is 4.77. The smallest absolute Gasteiger partial charge is 0.00198 e. The molecule has 0 saturated carbocycles. The molecule has 0 bridgehead atoms. The van der Waals surface area contributed by atoms with Crippen LogP contribution in [0.4, 0.5) is 0 Å². The molecule has 1 aliphatic heterocycles. The molecule has 0 amide bonds. The van der Waals surface area contributed by atoms with Crippen LogP contribution in [0.2, 0.25) is 0 Å². The molecule has 1 heteroatoms. The van der Waals surface area contributed by atoms with Crippen LogP contribution < -0.4 is 5.32 Å². The fraction of sp³-hybridized carbons (Fsp3) is 0.538. The monoisotopic (exact) mass is 189 g/mol. The molecule has 2 rings (SSSR count).